The fourth-order valence-corrected chi connectivity index (χ4v) is 3.45. The molecule has 7 heteroatoms. The molecule has 1 N–H and O–H groups in total. The zero-order valence-corrected chi connectivity index (χ0v) is 16.6. The van der Waals surface area contributed by atoms with Crippen LogP contribution in [-0.4, -0.2) is 25.0 Å². The Morgan fingerprint density at radius 1 is 1.00 bits per heavy atom. The van der Waals surface area contributed by atoms with E-state index in [-0.39, 0.29) is 6.04 Å². The lowest BCUT2D eigenvalue weighted by Gasteiger charge is -2.16. The molecule has 0 saturated carbocycles. The van der Waals surface area contributed by atoms with Crippen LogP contribution in [-0.2, 0) is 0 Å². The first kappa shape index (κ1) is 18.1. The van der Waals surface area contributed by atoms with Crippen molar-refractivity contribution >= 4 is 16.8 Å². The fourth-order valence-electron chi connectivity index (χ4n) is 3.45. The van der Waals surface area contributed by atoms with Gasteiger partial charge in [-0.2, -0.15) is 15.0 Å². The highest BCUT2D eigenvalue weighted by Crippen LogP contribution is 2.27. The van der Waals surface area contributed by atoms with Gasteiger partial charge in [-0.1, -0.05) is 12.1 Å². The van der Waals surface area contributed by atoms with Gasteiger partial charge >= 0.3 is 0 Å². The quantitative estimate of drug-likeness (QED) is 0.453. The Labute approximate surface area is 173 Å². The summed E-state index contributed by atoms with van der Waals surface area (Å²) in [5.74, 6) is 1.43. The molecular formula is C23H20N6O. The third kappa shape index (κ3) is 3.41. The molecule has 148 valence electrons. The van der Waals surface area contributed by atoms with Crippen LogP contribution >= 0.6 is 0 Å². The van der Waals surface area contributed by atoms with Crippen LogP contribution in [0, 0.1) is 6.92 Å². The summed E-state index contributed by atoms with van der Waals surface area (Å²) < 4.78 is 5.54. The second-order valence-electron chi connectivity index (χ2n) is 7.17. The molecule has 0 spiro atoms. The van der Waals surface area contributed by atoms with Gasteiger partial charge in [-0.3, -0.25) is 0 Å². The van der Waals surface area contributed by atoms with Gasteiger partial charge in [0.15, 0.2) is 5.82 Å². The molecule has 0 unspecified atom stereocenters. The van der Waals surface area contributed by atoms with Gasteiger partial charge in [0.2, 0.25) is 0 Å². The lowest BCUT2D eigenvalue weighted by atomic mass is 10.1. The number of benzene rings is 2. The number of anilines is 1. The summed E-state index contributed by atoms with van der Waals surface area (Å²) in [6.45, 7) is 4.13. The van der Waals surface area contributed by atoms with E-state index in [0.29, 0.717) is 5.82 Å². The Morgan fingerprint density at radius 3 is 2.73 bits per heavy atom. The Bertz CT molecular complexity index is 1310. The summed E-state index contributed by atoms with van der Waals surface area (Å²) in [6.07, 6.45) is 6.87. The van der Waals surface area contributed by atoms with Gasteiger partial charge in [0, 0.05) is 17.1 Å². The molecule has 0 aliphatic heterocycles. The summed E-state index contributed by atoms with van der Waals surface area (Å²) in [5.41, 5.74) is 4.95. The molecule has 0 bridgehead atoms. The second kappa shape index (κ2) is 7.44. The Hall–Kier alpha value is -4.00. The molecule has 0 saturated heterocycles. The van der Waals surface area contributed by atoms with Crippen LogP contribution in [0.4, 0.5) is 5.82 Å². The topological polar surface area (TPSA) is 81.7 Å². The van der Waals surface area contributed by atoms with Crippen molar-refractivity contribution in [3.8, 4) is 17.1 Å². The first-order valence-electron chi connectivity index (χ1n) is 9.72. The van der Waals surface area contributed by atoms with Gasteiger partial charge in [0.25, 0.3) is 0 Å². The Balaban J connectivity index is 1.40. The molecular weight excluding hydrogens is 376 g/mol. The minimum atomic E-state index is 0.0434. The number of hydrogen-bond acceptors (Lipinski definition) is 6. The van der Waals surface area contributed by atoms with Crippen LogP contribution in [0.1, 0.15) is 24.1 Å². The van der Waals surface area contributed by atoms with Crippen molar-refractivity contribution in [1.82, 2.24) is 25.0 Å². The Kier molecular flexibility index (Phi) is 4.48. The van der Waals surface area contributed by atoms with Gasteiger partial charge in [0.05, 0.1) is 30.4 Å². The normalized spacial score (nSPS) is 12.2. The van der Waals surface area contributed by atoms with Crippen molar-refractivity contribution in [2.24, 2.45) is 0 Å². The number of rotatable bonds is 5. The molecule has 5 rings (SSSR count). The maximum atomic E-state index is 5.54. The molecule has 2 aromatic carbocycles. The first-order chi connectivity index (χ1) is 14.7. The van der Waals surface area contributed by atoms with Crippen molar-refractivity contribution in [3.05, 3.63) is 84.5 Å². The monoisotopic (exact) mass is 396 g/mol. The average Bonchev–Trinajstić information content (AvgIpc) is 3.44. The van der Waals surface area contributed by atoms with Crippen LogP contribution in [0.5, 0.6) is 0 Å². The van der Waals surface area contributed by atoms with Gasteiger partial charge in [-0.25, -0.2) is 9.97 Å². The lowest BCUT2D eigenvalue weighted by molar-refractivity contribution is 0.613. The van der Waals surface area contributed by atoms with Crippen LogP contribution in [0.25, 0.3) is 28.0 Å². The van der Waals surface area contributed by atoms with E-state index in [9.17, 15) is 0 Å². The summed E-state index contributed by atoms with van der Waals surface area (Å²) in [4.78, 5) is 10.8. The zero-order valence-electron chi connectivity index (χ0n) is 16.6. The number of nitrogens with zero attached hydrogens (tertiary/aromatic N) is 5. The molecule has 0 amide bonds. The van der Waals surface area contributed by atoms with E-state index in [2.05, 4.69) is 45.6 Å². The number of nitrogens with one attached hydrogen (secondary N) is 1. The van der Waals surface area contributed by atoms with Crippen molar-refractivity contribution in [3.63, 3.8) is 0 Å². The minimum absolute atomic E-state index is 0.0434. The zero-order chi connectivity index (χ0) is 20.5. The summed E-state index contributed by atoms with van der Waals surface area (Å²) in [7, 11) is 0. The molecule has 1 atom stereocenters. The summed E-state index contributed by atoms with van der Waals surface area (Å²) >= 11 is 0. The number of furan rings is 1. The van der Waals surface area contributed by atoms with Crippen LogP contribution in [0.15, 0.2) is 77.8 Å². The highest BCUT2D eigenvalue weighted by Gasteiger charge is 2.11. The van der Waals surface area contributed by atoms with E-state index in [1.54, 1.807) is 29.7 Å². The van der Waals surface area contributed by atoms with Crippen molar-refractivity contribution < 1.29 is 4.42 Å². The predicted octanol–water partition coefficient (Wildman–Crippen LogP) is 4.95. The molecule has 0 radical (unpaired) electrons. The number of aromatic nitrogens is 5. The average molecular weight is 396 g/mol. The Morgan fingerprint density at radius 2 is 1.87 bits per heavy atom. The van der Waals surface area contributed by atoms with E-state index in [0.717, 1.165) is 39.2 Å². The van der Waals surface area contributed by atoms with Gasteiger partial charge < -0.3 is 9.73 Å². The van der Waals surface area contributed by atoms with Crippen molar-refractivity contribution in [2.45, 2.75) is 19.9 Å². The minimum Gasteiger partial charge on any atom is -0.464 e. The number of fused-ring (bicyclic) bond motifs is 1. The maximum absolute atomic E-state index is 5.54. The standard InChI is InChI=1S/C23H20N6O/c1-15-14-30-21-7-6-18(13-20(15)21)23-24-9-8-22(28-23)27-16(2)17-4-3-5-19(12-17)29-25-10-11-26-29/h3-14,16H,1-2H3,(H,24,27,28)/t16-/m0/s1. The van der Waals surface area contributed by atoms with E-state index in [4.69, 9.17) is 9.40 Å². The van der Waals surface area contributed by atoms with Gasteiger partial charge in [-0.15, -0.1) is 0 Å². The smallest absolute Gasteiger partial charge is 0.161 e. The van der Waals surface area contributed by atoms with E-state index >= 15 is 0 Å². The number of hydrogen-bond donors (Lipinski definition) is 1. The van der Waals surface area contributed by atoms with Gasteiger partial charge in [-0.05, 0) is 61.4 Å². The van der Waals surface area contributed by atoms with E-state index in [1.165, 1.54) is 0 Å². The first-order valence-corrected chi connectivity index (χ1v) is 9.72. The molecule has 0 fully saturated rings. The van der Waals surface area contributed by atoms with E-state index < -0.39 is 0 Å². The molecule has 7 nitrogen and oxygen atoms in total. The molecule has 0 aliphatic rings. The predicted molar refractivity (Wildman–Crippen MR) is 115 cm³/mol. The van der Waals surface area contributed by atoms with Crippen molar-refractivity contribution in [1.29, 1.82) is 0 Å². The number of aryl methyl sites for hydroxylation is 1. The third-order valence-corrected chi connectivity index (χ3v) is 5.07. The lowest BCUT2D eigenvalue weighted by Crippen LogP contribution is -2.09. The summed E-state index contributed by atoms with van der Waals surface area (Å²) in [5, 5.41) is 12.9. The fraction of sp³-hybridized carbons (Fsp3) is 0.130. The highest BCUT2D eigenvalue weighted by atomic mass is 16.3. The summed E-state index contributed by atoms with van der Waals surface area (Å²) in [6, 6.07) is 16.0. The van der Waals surface area contributed by atoms with Gasteiger partial charge in [0.1, 0.15) is 11.4 Å². The molecule has 3 aromatic heterocycles. The SMILES string of the molecule is Cc1coc2ccc(-c3nccc(N[C@@H](C)c4cccc(-n5nccn5)c4)n3)cc12. The highest BCUT2D eigenvalue weighted by molar-refractivity contribution is 5.85. The molecule has 30 heavy (non-hydrogen) atoms. The maximum Gasteiger partial charge on any atom is 0.161 e. The molecule has 5 aromatic rings. The van der Waals surface area contributed by atoms with Crippen LogP contribution in [0.3, 0.4) is 0 Å². The molecule has 0 aliphatic carbocycles. The third-order valence-electron chi connectivity index (χ3n) is 5.07. The second-order valence-corrected chi connectivity index (χ2v) is 7.17. The van der Waals surface area contributed by atoms with Crippen LogP contribution < -0.4 is 5.32 Å². The van der Waals surface area contributed by atoms with E-state index in [1.807, 2.05) is 37.3 Å². The van der Waals surface area contributed by atoms with Crippen LogP contribution in [0.2, 0.25) is 0 Å². The molecule has 3 heterocycles. The van der Waals surface area contributed by atoms with Crippen molar-refractivity contribution in [2.75, 3.05) is 5.32 Å². The largest absolute Gasteiger partial charge is 0.464 e.